The Morgan fingerprint density at radius 1 is 1.15 bits per heavy atom. The number of carbonyl (C=O) groups excluding carboxylic acids is 2. The van der Waals surface area contributed by atoms with Gasteiger partial charge in [0, 0.05) is 25.1 Å². The summed E-state index contributed by atoms with van der Waals surface area (Å²) in [4.78, 5) is 26.2. The second-order valence-corrected chi connectivity index (χ2v) is 6.28. The van der Waals surface area contributed by atoms with Gasteiger partial charge in [0.1, 0.15) is 12.4 Å². The van der Waals surface area contributed by atoms with Crippen molar-refractivity contribution in [2.45, 2.75) is 19.0 Å². The van der Waals surface area contributed by atoms with Crippen LogP contribution in [0.15, 0.2) is 54.6 Å². The Hall–Kier alpha value is -2.57. The van der Waals surface area contributed by atoms with Crippen LogP contribution < -0.4 is 15.8 Å². The third-order valence-electron chi connectivity index (χ3n) is 4.37. The minimum atomic E-state index is -0.180. The molecule has 3 N–H and O–H groups in total. The highest BCUT2D eigenvalue weighted by molar-refractivity contribution is 5.95. The van der Waals surface area contributed by atoms with Crippen molar-refractivity contribution < 1.29 is 14.3 Å². The molecule has 1 aliphatic heterocycles. The molecule has 27 heavy (non-hydrogen) atoms. The number of halogens is 1. The van der Waals surface area contributed by atoms with Crippen molar-refractivity contribution in [3.8, 4) is 5.75 Å². The number of ether oxygens (including phenoxy) is 1. The van der Waals surface area contributed by atoms with Gasteiger partial charge in [0.15, 0.2) is 0 Å². The summed E-state index contributed by atoms with van der Waals surface area (Å²) in [6.45, 7) is 1.88. The summed E-state index contributed by atoms with van der Waals surface area (Å²) in [7, 11) is 0. The van der Waals surface area contributed by atoms with E-state index in [-0.39, 0.29) is 30.3 Å². The quantitative estimate of drug-likeness (QED) is 0.758. The predicted octanol–water partition coefficient (Wildman–Crippen LogP) is 1.98. The molecule has 0 aliphatic carbocycles. The summed E-state index contributed by atoms with van der Waals surface area (Å²) in [6, 6.07) is 16.5. The molecule has 1 unspecified atom stereocenters. The van der Waals surface area contributed by atoms with Crippen molar-refractivity contribution in [2.75, 3.05) is 19.7 Å². The molecule has 6 nitrogen and oxygen atoms in total. The van der Waals surface area contributed by atoms with E-state index in [9.17, 15) is 9.59 Å². The van der Waals surface area contributed by atoms with Gasteiger partial charge in [-0.1, -0.05) is 30.3 Å². The molecule has 144 valence electrons. The largest absolute Gasteiger partial charge is 0.492 e. The molecule has 1 atom stereocenters. The van der Waals surface area contributed by atoms with Gasteiger partial charge in [0.05, 0.1) is 12.6 Å². The number of nitrogens with two attached hydrogens (primary N) is 1. The number of likely N-dealkylation sites (tertiary alicyclic amines) is 1. The van der Waals surface area contributed by atoms with E-state index in [4.69, 9.17) is 10.5 Å². The minimum absolute atomic E-state index is 0. The van der Waals surface area contributed by atoms with Crippen molar-refractivity contribution in [2.24, 2.45) is 5.73 Å². The summed E-state index contributed by atoms with van der Waals surface area (Å²) < 4.78 is 5.63. The number of nitrogens with one attached hydrogen (secondary N) is 1. The summed E-state index contributed by atoms with van der Waals surface area (Å²) in [6.07, 6.45) is 0.317. The second kappa shape index (κ2) is 9.94. The van der Waals surface area contributed by atoms with Crippen LogP contribution in [0.1, 0.15) is 22.3 Å². The summed E-state index contributed by atoms with van der Waals surface area (Å²) in [5, 5.41) is 2.93. The third kappa shape index (κ3) is 5.70. The second-order valence-electron chi connectivity index (χ2n) is 6.28. The zero-order valence-electron chi connectivity index (χ0n) is 15.0. The smallest absolute Gasteiger partial charge is 0.251 e. The van der Waals surface area contributed by atoms with Crippen molar-refractivity contribution in [3.63, 3.8) is 0 Å². The predicted molar refractivity (Wildman–Crippen MR) is 106 cm³/mol. The summed E-state index contributed by atoms with van der Waals surface area (Å²) >= 11 is 0. The van der Waals surface area contributed by atoms with Crippen molar-refractivity contribution in [1.82, 2.24) is 10.2 Å². The first kappa shape index (κ1) is 20.7. The maximum absolute atomic E-state index is 12.3. The van der Waals surface area contributed by atoms with E-state index in [0.29, 0.717) is 38.2 Å². The van der Waals surface area contributed by atoms with Crippen LogP contribution in [-0.2, 0) is 11.3 Å². The first-order valence-corrected chi connectivity index (χ1v) is 8.71. The van der Waals surface area contributed by atoms with Crippen molar-refractivity contribution in [3.05, 3.63) is 65.7 Å². The fraction of sp³-hybridized carbons (Fsp3) is 0.300. The number of para-hydroxylation sites is 1. The maximum Gasteiger partial charge on any atom is 0.251 e. The fourth-order valence-electron chi connectivity index (χ4n) is 2.94. The number of hydrogen-bond acceptors (Lipinski definition) is 4. The Labute approximate surface area is 165 Å². The Morgan fingerprint density at radius 3 is 2.52 bits per heavy atom. The van der Waals surface area contributed by atoms with E-state index in [2.05, 4.69) is 5.32 Å². The number of nitrogens with zero attached hydrogens (tertiary/aromatic N) is 1. The number of carbonyl (C=O) groups is 2. The molecular weight excluding hydrogens is 366 g/mol. The van der Waals surface area contributed by atoms with Gasteiger partial charge in [-0.15, -0.1) is 12.4 Å². The van der Waals surface area contributed by atoms with Crippen LogP contribution in [0.5, 0.6) is 5.75 Å². The lowest BCUT2D eigenvalue weighted by molar-refractivity contribution is -0.128. The number of amides is 2. The van der Waals surface area contributed by atoms with E-state index in [1.165, 1.54) is 0 Å². The number of rotatable bonds is 7. The summed E-state index contributed by atoms with van der Waals surface area (Å²) in [5.74, 6) is 0.643. The van der Waals surface area contributed by atoms with Crippen LogP contribution in [0, 0.1) is 0 Å². The lowest BCUT2D eigenvalue weighted by atomic mass is 10.1. The van der Waals surface area contributed by atoms with Crippen LogP contribution in [0.3, 0.4) is 0 Å². The first-order chi connectivity index (χ1) is 12.7. The maximum atomic E-state index is 12.3. The fourth-order valence-corrected chi connectivity index (χ4v) is 2.94. The average Bonchev–Trinajstić information content (AvgIpc) is 3.02. The van der Waals surface area contributed by atoms with E-state index < -0.39 is 0 Å². The molecule has 0 aromatic heterocycles. The highest BCUT2D eigenvalue weighted by Gasteiger charge is 2.30. The van der Waals surface area contributed by atoms with E-state index >= 15 is 0 Å². The molecule has 2 aromatic carbocycles. The molecule has 2 aromatic rings. The molecule has 0 spiro atoms. The Morgan fingerprint density at radius 2 is 1.85 bits per heavy atom. The molecule has 1 heterocycles. The van der Waals surface area contributed by atoms with E-state index in [1.54, 1.807) is 17.0 Å². The van der Waals surface area contributed by atoms with E-state index in [0.717, 1.165) is 11.3 Å². The van der Waals surface area contributed by atoms with Crippen LogP contribution in [0.2, 0.25) is 0 Å². The molecule has 0 bridgehead atoms. The van der Waals surface area contributed by atoms with Gasteiger partial charge in [-0.3, -0.25) is 9.59 Å². The molecule has 1 fully saturated rings. The average molecular weight is 390 g/mol. The van der Waals surface area contributed by atoms with Gasteiger partial charge in [-0.25, -0.2) is 0 Å². The number of benzene rings is 2. The van der Waals surface area contributed by atoms with Crippen LogP contribution in [-0.4, -0.2) is 42.5 Å². The first-order valence-electron chi connectivity index (χ1n) is 8.71. The van der Waals surface area contributed by atoms with Gasteiger partial charge in [-0.05, 0) is 29.8 Å². The number of hydrogen-bond donors (Lipinski definition) is 2. The monoisotopic (exact) mass is 389 g/mol. The lowest BCUT2D eigenvalue weighted by Crippen LogP contribution is -2.38. The van der Waals surface area contributed by atoms with Gasteiger partial charge in [0.25, 0.3) is 5.91 Å². The summed E-state index contributed by atoms with van der Waals surface area (Å²) in [5.41, 5.74) is 7.11. The Kier molecular flexibility index (Phi) is 7.64. The third-order valence-corrected chi connectivity index (χ3v) is 4.37. The van der Waals surface area contributed by atoms with Crippen LogP contribution in [0.25, 0.3) is 0 Å². The molecular formula is C20H24ClN3O3. The molecule has 1 saturated heterocycles. The standard InChI is InChI=1S/C20H23N3O3.ClH/c21-13-15-6-8-16(9-7-15)20(25)22-17-12-19(24)23(14-17)10-11-26-18-4-2-1-3-5-18;/h1-9,17H,10-14,21H2,(H,22,25);1H. The molecule has 3 rings (SSSR count). The van der Waals surface area contributed by atoms with Crippen LogP contribution >= 0.6 is 12.4 Å². The topological polar surface area (TPSA) is 84.7 Å². The van der Waals surface area contributed by atoms with Gasteiger partial charge >= 0.3 is 0 Å². The lowest BCUT2D eigenvalue weighted by Gasteiger charge is -2.17. The normalized spacial score (nSPS) is 16.0. The highest BCUT2D eigenvalue weighted by atomic mass is 35.5. The minimum Gasteiger partial charge on any atom is -0.492 e. The van der Waals surface area contributed by atoms with Gasteiger partial charge < -0.3 is 20.7 Å². The SMILES string of the molecule is Cl.NCc1ccc(C(=O)NC2CC(=O)N(CCOc3ccccc3)C2)cc1. The molecule has 0 radical (unpaired) electrons. The van der Waals surface area contributed by atoms with Gasteiger partial charge in [0.2, 0.25) is 5.91 Å². The van der Waals surface area contributed by atoms with Crippen molar-refractivity contribution in [1.29, 1.82) is 0 Å². The van der Waals surface area contributed by atoms with Crippen molar-refractivity contribution >= 4 is 24.2 Å². The highest BCUT2D eigenvalue weighted by Crippen LogP contribution is 2.13. The molecule has 1 aliphatic rings. The zero-order valence-corrected chi connectivity index (χ0v) is 15.8. The molecule has 0 saturated carbocycles. The Bertz CT molecular complexity index is 753. The molecule has 2 amide bonds. The zero-order chi connectivity index (χ0) is 18.4. The molecule has 7 heteroatoms. The van der Waals surface area contributed by atoms with E-state index in [1.807, 2.05) is 42.5 Å². The van der Waals surface area contributed by atoms with Gasteiger partial charge in [-0.2, -0.15) is 0 Å². The Balaban J connectivity index is 0.00000261. The van der Waals surface area contributed by atoms with Crippen LogP contribution in [0.4, 0.5) is 0 Å².